The van der Waals surface area contributed by atoms with E-state index in [1.807, 2.05) is 0 Å². The monoisotopic (exact) mass is 112 g/mol. The fourth-order valence-electron chi connectivity index (χ4n) is 0.526. The van der Waals surface area contributed by atoms with Gasteiger partial charge in [0.25, 0.3) is 0 Å². The smallest absolute Gasteiger partial charge is 0.0239 e. The van der Waals surface area contributed by atoms with E-state index in [-0.39, 0.29) is 0 Å². The van der Waals surface area contributed by atoms with Gasteiger partial charge in [-0.05, 0) is 18.8 Å². The Morgan fingerprint density at radius 1 is 1.12 bits per heavy atom. The molecular weight excluding hydrogens is 96.1 g/mol. The number of hydrogen-bond donors (Lipinski definition) is 0. The van der Waals surface area contributed by atoms with Crippen LogP contribution in [0.4, 0.5) is 0 Å². The molecule has 0 heteroatoms. The quantitative estimate of drug-likeness (QED) is 0.482. The van der Waals surface area contributed by atoms with Gasteiger partial charge in [-0.25, -0.2) is 0 Å². The molecule has 0 rings (SSSR count). The molecule has 48 valence electrons. The van der Waals surface area contributed by atoms with Crippen LogP contribution in [0.2, 0.25) is 0 Å². The van der Waals surface area contributed by atoms with Crippen molar-refractivity contribution in [1.29, 1.82) is 0 Å². The predicted molar refractivity (Wildman–Crippen MR) is 38.8 cm³/mol. The van der Waals surface area contributed by atoms with E-state index in [9.17, 15) is 0 Å². The molecule has 0 bridgehead atoms. The van der Waals surface area contributed by atoms with Crippen LogP contribution in [-0.4, -0.2) is 0 Å². The Balaban J connectivity index is 3.47. The molecule has 0 N–H and O–H groups in total. The van der Waals surface area contributed by atoms with E-state index in [0.29, 0.717) is 0 Å². The van der Waals surface area contributed by atoms with E-state index < -0.39 is 0 Å². The van der Waals surface area contributed by atoms with Crippen LogP contribution in [0, 0.1) is 11.8 Å². The highest BCUT2D eigenvalue weighted by molar-refractivity contribution is 4.84. The van der Waals surface area contributed by atoms with E-state index in [1.165, 1.54) is 0 Å². The van der Waals surface area contributed by atoms with E-state index >= 15 is 0 Å². The lowest BCUT2D eigenvalue weighted by atomic mass is 9.98. The lowest BCUT2D eigenvalue weighted by Gasteiger charge is -2.08. The maximum absolute atomic E-state index is 2.24. The maximum Gasteiger partial charge on any atom is -0.0239 e. The van der Waals surface area contributed by atoms with Crippen LogP contribution >= 0.6 is 0 Å². The molecule has 0 nitrogen and oxygen atoms in total. The topological polar surface area (TPSA) is 0 Å². The Hall–Kier alpha value is -0.260. The first-order chi connectivity index (χ1) is 3.68. The molecule has 0 unspecified atom stereocenters. The molecule has 0 aromatic carbocycles. The van der Waals surface area contributed by atoms with E-state index in [0.717, 1.165) is 11.8 Å². The second kappa shape index (κ2) is 3.71. The molecule has 0 spiro atoms. The average molecular weight is 112 g/mol. The summed E-state index contributed by atoms with van der Waals surface area (Å²) in [7, 11) is 0. The minimum Gasteiger partial charge on any atom is -0.0914 e. The van der Waals surface area contributed by atoms with Crippen LogP contribution in [0.15, 0.2) is 12.2 Å². The van der Waals surface area contributed by atoms with Crippen molar-refractivity contribution in [3.05, 3.63) is 12.2 Å². The Morgan fingerprint density at radius 2 is 1.62 bits per heavy atom. The lowest BCUT2D eigenvalue weighted by Crippen LogP contribution is -1.98. The zero-order valence-electron chi connectivity index (χ0n) is 6.31. The highest BCUT2D eigenvalue weighted by Crippen LogP contribution is 2.09. The summed E-state index contributed by atoms with van der Waals surface area (Å²) in [5, 5.41) is 0. The zero-order valence-corrected chi connectivity index (χ0v) is 6.31. The SMILES string of the molecule is C/C=C/[C@H](C)C(C)C. The summed E-state index contributed by atoms with van der Waals surface area (Å²) in [6, 6.07) is 0. The number of rotatable bonds is 2. The first kappa shape index (κ1) is 7.74. The van der Waals surface area contributed by atoms with E-state index in [1.54, 1.807) is 0 Å². The van der Waals surface area contributed by atoms with Crippen molar-refractivity contribution >= 4 is 0 Å². The molecule has 0 amide bonds. The molecule has 0 radical (unpaired) electrons. The molecule has 0 heterocycles. The third-order valence-electron chi connectivity index (χ3n) is 1.55. The summed E-state index contributed by atoms with van der Waals surface area (Å²) in [4.78, 5) is 0. The van der Waals surface area contributed by atoms with Crippen molar-refractivity contribution in [2.45, 2.75) is 27.7 Å². The van der Waals surface area contributed by atoms with Gasteiger partial charge in [0.2, 0.25) is 0 Å². The van der Waals surface area contributed by atoms with Crippen molar-refractivity contribution in [3.63, 3.8) is 0 Å². The minimum absolute atomic E-state index is 0.736. The standard InChI is InChI=1S/C8H16/c1-5-6-8(4)7(2)3/h5-8H,1-4H3/b6-5+/t8-/m0/s1. The van der Waals surface area contributed by atoms with Crippen LogP contribution < -0.4 is 0 Å². The molecule has 0 fully saturated rings. The van der Waals surface area contributed by atoms with Crippen LogP contribution in [0.3, 0.4) is 0 Å². The summed E-state index contributed by atoms with van der Waals surface area (Å²) in [6.45, 7) is 8.79. The summed E-state index contributed by atoms with van der Waals surface area (Å²) < 4.78 is 0. The van der Waals surface area contributed by atoms with Crippen LogP contribution in [0.5, 0.6) is 0 Å². The molecule has 0 aromatic heterocycles. The Morgan fingerprint density at radius 3 is 1.75 bits per heavy atom. The zero-order chi connectivity index (χ0) is 6.57. The Kier molecular flexibility index (Phi) is 3.59. The van der Waals surface area contributed by atoms with Crippen LogP contribution in [0.1, 0.15) is 27.7 Å². The Bertz CT molecular complexity index is 70.1. The van der Waals surface area contributed by atoms with Crippen molar-refractivity contribution < 1.29 is 0 Å². The fourth-order valence-corrected chi connectivity index (χ4v) is 0.526. The maximum atomic E-state index is 2.24. The van der Waals surface area contributed by atoms with Crippen molar-refractivity contribution in [1.82, 2.24) is 0 Å². The van der Waals surface area contributed by atoms with Crippen molar-refractivity contribution in [3.8, 4) is 0 Å². The first-order valence-electron chi connectivity index (χ1n) is 3.31. The third kappa shape index (κ3) is 2.84. The van der Waals surface area contributed by atoms with Crippen molar-refractivity contribution in [2.24, 2.45) is 11.8 Å². The minimum atomic E-state index is 0.736. The normalized spacial score (nSPS) is 15.6. The second-order valence-electron chi connectivity index (χ2n) is 2.63. The van der Waals surface area contributed by atoms with E-state index in [2.05, 4.69) is 39.8 Å². The van der Waals surface area contributed by atoms with Gasteiger partial charge in [-0.2, -0.15) is 0 Å². The van der Waals surface area contributed by atoms with Crippen LogP contribution in [0.25, 0.3) is 0 Å². The molecule has 0 saturated heterocycles. The van der Waals surface area contributed by atoms with Gasteiger partial charge in [-0.1, -0.05) is 32.9 Å². The lowest BCUT2D eigenvalue weighted by molar-refractivity contribution is 0.504. The molecule has 0 aliphatic rings. The second-order valence-corrected chi connectivity index (χ2v) is 2.63. The summed E-state index contributed by atoms with van der Waals surface area (Å²) in [5.74, 6) is 1.52. The molecular formula is C8H16. The van der Waals surface area contributed by atoms with E-state index in [4.69, 9.17) is 0 Å². The molecule has 0 aliphatic heterocycles. The fraction of sp³-hybridized carbons (Fsp3) is 0.750. The largest absolute Gasteiger partial charge is 0.0914 e. The molecule has 1 atom stereocenters. The van der Waals surface area contributed by atoms with Gasteiger partial charge in [-0.15, -0.1) is 0 Å². The summed E-state index contributed by atoms with van der Waals surface area (Å²) >= 11 is 0. The molecule has 0 aromatic rings. The predicted octanol–water partition coefficient (Wildman–Crippen LogP) is 2.85. The van der Waals surface area contributed by atoms with Crippen molar-refractivity contribution in [2.75, 3.05) is 0 Å². The third-order valence-corrected chi connectivity index (χ3v) is 1.55. The highest BCUT2D eigenvalue weighted by atomic mass is 14.0. The highest BCUT2D eigenvalue weighted by Gasteiger charge is 1.99. The van der Waals surface area contributed by atoms with Gasteiger partial charge in [0.1, 0.15) is 0 Å². The number of hydrogen-bond acceptors (Lipinski definition) is 0. The van der Waals surface area contributed by atoms with Gasteiger partial charge in [0, 0.05) is 0 Å². The molecule has 0 saturated carbocycles. The summed E-state index contributed by atoms with van der Waals surface area (Å²) in [5.41, 5.74) is 0. The Labute approximate surface area is 52.6 Å². The van der Waals surface area contributed by atoms with Crippen LogP contribution in [-0.2, 0) is 0 Å². The van der Waals surface area contributed by atoms with Gasteiger partial charge >= 0.3 is 0 Å². The number of allylic oxidation sites excluding steroid dienone is 2. The molecule has 0 aliphatic carbocycles. The molecule has 8 heavy (non-hydrogen) atoms. The van der Waals surface area contributed by atoms with Gasteiger partial charge in [0.05, 0.1) is 0 Å². The van der Waals surface area contributed by atoms with Gasteiger partial charge in [-0.3, -0.25) is 0 Å². The average Bonchev–Trinajstić information content (AvgIpc) is 1.67. The van der Waals surface area contributed by atoms with Gasteiger partial charge < -0.3 is 0 Å². The summed E-state index contributed by atoms with van der Waals surface area (Å²) in [6.07, 6.45) is 4.36. The van der Waals surface area contributed by atoms with Gasteiger partial charge in [0.15, 0.2) is 0 Å². The first-order valence-corrected chi connectivity index (χ1v) is 3.31.